The lowest BCUT2D eigenvalue weighted by atomic mass is 9.82. The molecule has 0 bridgehead atoms. The number of amides is 4. The monoisotopic (exact) mass is 370 g/mol. The number of hydrogen-bond acceptors (Lipinski definition) is 5. The first-order valence-electron chi connectivity index (χ1n) is 8.58. The lowest BCUT2D eigenvalue weighted by molar-refractivity contribution is -0.134. The number of aromatic nitrogens is 1. The third kappa shape index (κ3) is 2.86. The highest BCUT2D eigenvalue weighted by atomic mass is 32.1. The van der Waals surface area contributed by atoms with Crippen molar-refractivity contribution in [1.82, 2.24) is 20.7 Å². The number of carbonyl (C=O) groups excluding carboxylic acids is 3. The van der Waals surface area contributed by atoms with E-state index in [4.69, 9.17) is 0 Å². The van der Waals surface area contributed by atoms with Crippen molar-refractivity contribution in [3.63, 3.8) is 0 Å². The van der Waals surface area contributed by atoms with Gasteiger partial charge >= 0.3 is 6.03 Å². The molecule has 2 aromatic rings. The highest BCUT2D eigenvalue weighted by Crippen LogP contribution is 2.33. The van der Waals surface area contributed by atoms with Gasteiger partial charge in [0.1, 0.15) is 16.2 Å². The molecule has 1 saturated carbocycles. The van der Waals surface area contributed by atoms with Crippen molar-refractivity contribution in [2.45, 2.75) is 37.6 Å². The molecule has 0 unspecified atom stereocenters. The molecule has 2 N–H and O–H groups in total. The van der Waals surface area contributed by atoms with Crippen LogP contribution in [0, 0.1) is 0 Å². The minimum Gasteiger partial charge on any atom is -0.322 e. The zero-order valence-electron chi connectivity index (χ0n) is 14.0. The van der Waals surface area contributed by atoms with Gasteiger partial charge in [0.05, 0.1) is 0 Å². The van der Waals surface area contributed by atoms with Gasteiger partial charge in [-0.15, -0.1) is 11.3 Å². The molecule has 0 atom stereocenters. The van der Waals surface area contributed by atoms with Crippen LogP contribution in [0.2, 0.25) is 0 Å². The van der Waals surface area contributed by atoms with Crippen LogP contribution in [0.3, 0.4) is 0 Å². The summed E-state index contributed by atoms with van der Waals surface area (Å²) in [6, 6.07) is 8.93. The molecule has 4 amide bonds. The van der Waals surface area contributed by atoms with Gasteiger partial charge in [-0.25, -0.2) is 9.78 Å². The fourth-order valence-corrected chi connectivity index (χ4v) is 4.27. The number of hydrogen-bond donors (Lipinski definition) is 2. The third-order valence-electron chi connectivity index (χ3n) is 4.84. The predicted molar refractivity (Wildman–Crippen MR) is 96.2 cm³/mol. The molecule has 8 heteroatoms. The molecule has 2 heterocycles. The van der Waals surface area contributed by atoms with Gasteiger partial charge in [-0.1, -0.05) is 49.6 Å². The summed E-state index contributed by atoms with van der Waals surface area (Å²) in [5, 5.41) is 5.89. The van der Waals surface area contributed by atoms with Gasteiger partial charge in [-0.2, -0.15) is 5.01 Å². The van der Waals surface area contributed by atoms with E-state index >= 15 is 0 Å². The van der Waals surface area contributed by atoms with E-state index in [1.807, 2.05) is 30.3 Å². The van der Waals surface area contributed by atoms with Crippen molar-refractivity contribution in [2.75, 3.05) is 0 Å². The van der Waals surface area contributed by atoms with E-state index in [9.17, 15) is 14.4 Å². The Balaban J connectivity index is 1.49. The first-order valence-corrected chi connectivity index (χ1v) is 9.46. The summed E-state index contributed by atoms with van der Waals surface area (Å²) in [6.07, 6.45) is 4.05. The lowest BCUT2D eigenvalue weighted by Gasteiger charge is -2.30. The Kier molecular flexibility index (Phi) is 4.20. The third-order valence-corrected chi connectivity index (χ3v) is 5.73. The van der Waals surface area contributed by atoms with Crippen LogP contribution < -0.4 is 10.7 Å². The summed E-state index contributed by atoms with van der Waals surface area (Å²) in [5.41, 5.74) is 2.64. The van der Waals surface area contributed by atoms with E-state index in [-0.39, 0.29) is 11.6 Å². The summed E-state index contributed by atoms with van der Waals surface area (Å²) in [6.45, 7) is 0. The predicted octanol–water partition coefficient (Wildman–Crippen LogP) is 2.71. The number of rotatable bonds is 3. The number of carbonyl (C=O) groups is 3. The molecule has 1 aliphatic carbocycles. The van der Waals surface area contributed by atoms with Gasteiger partial charge in [0, 0.05) is 10.9 Å². The number of nitrogens with zero attached hydrogens (tertiary/aromatic N) is 2. The minimum absolute atomic E-state index is 0.180. The molecule has 134 valence electrons. The van der Waals surface area contributed by atoms with Gasteiger partial charge in [-0.05, 0) is 12.8 Å². The van der Waals surface area contributed by atoms with Crippen molar-refractivity contribution < 1.29 is 14.4 Å². The van der Waals surface area contributed by atoms with Crippen LogP contribution in [-0.4, -0.2) is 33.4 Å². The maximum Gasteiger partial charge on any atom is 0.344 e. The SMILES string of the molecule is O=C(NN1C(=O)NC2(CCCCC2)C1=O)c1csc(-c2ccccc2)n1. The van der Waals surface area contributed by atoms with Crippen LogP contribution in [0.25, 0.3) is 10.6 Å². The summed E-state index contributed by atoms with van der Waals surface area (Å²) >= 11 is 1.34. The van der Waals surface area contributed by atoms with Crippen LogP contribution in [-0.2, 0) is 4.79 Å². The zero-order chi connectivity index (χ0) is 18.1. The van der Waals surface area contributed by atoms with Crippen LogP contribution in [0.1, 0.15) is 42.6 Å². The maximum atomic E-state index is 12.7. The standard InChI is InChI=1S/C18H18N4O3S/c23-14(13-11-26-15(19-13)12-7-3-1-4-8-12)21-22-16(24)18(20-17(22)25)9-5-2-6-10-18/h1,3-4,7-8,11H,2,5-6,9-10H2,(H,20,25)(H,21,23). The minimum atomic E-state index is -0.861. The average molecular weight is 370 g/mol. The quantitative estimate of drug-likeness (QED) is 0.813. The zero-order valence-corrected chi connectivity index (χ0v) is 14.8. The molecule has 1 spiro atoms. The first-order chi connectivity index (χ1) is 12.6. The van der Waals surface area contributed by atoms with E-state index in [1.54, 1.807) is 5.38 Å². The Morgan fingerprint density at radius 2 is 1.88 bits per heavy atom. The molecule has 1 saturated heterocycles. The molecular formula is C18H18N4O3S. The smallest absolute Gasteiger partial charge is 0.322 e. The molecule has 7 nitrogen and oxygen atoms in total. The van der Waals surface area contributed by atoms with Crippen LogP contribution in [0.5, 0.6) is 0 Å². The number of urea groups is 1. The lowest BCUT2D eigenvalue weighted by Crippen LogP contribution is -2.51. The Morgan fingerprint density at radius 3 is 2.62 bits per heavy atom. The molecule has 1 aliphatic heterocycles. The van der Waals surface area contributed by atoms with Gasteiger partial charge in [0.15, 0.2) is 0 Å². The molecule has 2 fully saturated rings. The van der Waals surface area contributed by atoms with Crippen LogP contribution in [0.4, 0.5) is 4.79 Å². The summed E-state index contributed by atoms with van der Waals surface area (Å²) < 4.78 is 0. The number of thiazole rings is 1. The van der Waals surface area contributed by atoms with Crippen molar-refractivity contribution >= 4 is 29.2 Å². The fourth-order valence-electron chi connectivity index (χ4n) is 3.47. The summed E-state index contributed by atoms with van der Waals surface area (Å²) in [7, 11) is 0. The number of hydrazine groups is 1. The second kappa shape index (κ2) is 6.53. The molecule has 26 heavy (non-hydrogen) atoms. The van der Waals surface area contributed by atoms with Crippen molar-refractivity contribution in [2.24, 2.45) is 0 Å². The van der Waals surface area contributed by atoms with E-state index in [0.29, 0.717) is 17.8 Å². The van der Waals surface area contributed by atoms with E-state index in [1.165, 1.54) is 11.3 Å². The molecular weight excluding hydrogens is 352 g/mol. The largest absolute Gasteiger partial charge is 0.344 e. The Labute approximate surface area is 154 Å². The number of imide groups is 1. The average Bonchev–Trinajstić information content (AvgIpc) is 3.24. The van der Waals surface area contributed by atoms with Crippen LogP contribution >= 0.6 is 11.3 Å². The van der Waals surface area contributed by atoms with Crippen molar-refractivity contribution in [3.05, 3.63) is 41.4 Å². The topological polar surface area (TPSA) is 91.4 Å². The van der Waals surface area contributed by atoms with Crippen molar-refractivity contribution in [1.29, 1.82) is 0 Å². The first kappa shape index (κ1) is 16.7. The van der Waals surface area contributed by atoms with Gasteiger partial charge in [0.2, 0.25) is 0 Å². The highest BCUT2D eigenvalue weighted by Gasteiger charge is 2.52. The highest BCUT2D eigenvalue weighted by molar-refractivity contribution is 7.13. The van der Waals surface area contributed by atoms with Crippen molar-refractivity contribution in [3.8, 4) is 10.6 Å². The maximum absolute atomic E-state index is 12.7. The number of nitrogens with one attached hydrogen (secondary N) is 2. The van der Waals surface area contributed by atoms with E-state index in [2.05, 4.69) is 15.7 Å². The normalized spacial score (nSPS) is 18.8. The molecule has 0 radical (unpaired) electrons. The Morgan fingerprint density at radius 1 is 1.15 bits per heavy atom. The van der Waals surface area contributed by atoms with Gasteiger partial charge < -0.3 is 5.32 Å². The van der Waals surface area contributed by atoms with Crippen LogP contribution in [0.15, 0.2) is 35.7 Å². The fraction of sp³-hybridized carbons (Fsp3) is 0.333. The number of benzene rings is 1. The second-order valence-electron chi connectivity index (χ2n) is 6.56. The van der Waals surface area contributed by atoms with E-state index < -0.39 is 17.5 Å². The molecule has 1 aromatic heterocycles. The molecule has 4 rings (SSSR count). The second-order valence-corrected chi connectivity index (χ2v) is 7.42. The Hall–Kier alpha value is -2.74. The summed E-state index contributed by atoms with van der Waals surface area (Å²) in [5.74, 6) is -0.950. The molecule has 2 aliphatic rings. The van der Waals surface area contributed by atoms with Gasteiger partial charge in [-0.3, -0.25) is 15.0 Å². The van der Waals surface area contributed by atoms with E-state index in [0.717, 1.165) is 29.8 Å². The van der Waals surface area contributed by atoms with Gasteiger partial charge in [0.25, 0.3) is 11.8 Å². The molecule has 1 aromatic carbocycles. The summed E-state index contributed by atoms with van der Waals surface area (Å²) in [4.78, 5) is 41.7. The Bertz CT molecular complexity index is 858.